The summed E-state index contributed by atoms with van der Waals surface area (Å²) < 4.78 is 5.27. The molecule has 136 valence electrons. The number of hydrogen-bond donors (Lipinski definition) is 2. The van der Waals surface area contributed by atoms with Gasteiger partial charge in [0.1, 0.15) is 6.61 Å². The third-order valence-electron chi connectivity index (χ3n) is 4.06. The molecule has 2 N–H and O–H groups in total. The number of amides is 1. The summed E-state index contributed by atoms with van der Waals surface area (Å²) >= 11 is 0. The number of aliphatic hydroxyl groups is 1. The van der Waals surface area contributed by atoms with Gasteiger partial charge in [-0.1, -0.05) is 76.8 Å². The summed E-state index contributed by atoms with van der Waals surface area (Å²) in [7, 11) is 0. The summed E-state index contributed by atoms with van der Waals surface area (Å²) in [6, 6.07) is 9.34. The molecule has 0 saturated heterocycles. The lowest BCUT2D eigenvalue weighted by Crippen LogP contribution is -2.44. The number of ether oxygens (including phenoxy) is 1. The van der Waals surface area contributed by atoms with Crippen LogP contribution in [0, 0.1) is 5.92 Å². The highest BCUT2D eigenvalue weighted by atomic mass is 16.5. The topological polar surface area (TPSA) is 58.6 Å². The summed E-state index contributed by atoms with van der Waals surface area (Å²) in [5, 5.41) is 13.3. The zero-order valence-electron chi connectivity index (χ0n) is 15.3. The van der Waals surface area contributed by atoms with Gasteiger partial charge in [0.15, 0.2) is 0 Å². The second-order valence-electron chi connectivity index (χ2n) is 6.86. The second-order valence-corrected chi connectivity index (χ2v) is 6.86. The Morgan fingerprint density at radius 1 is 1.17 bits per heavy atom. The number of hydrogen-bond acceptors (Lipinski definition) is 3. The van der Waals surface area contributed by atoms with Crippen molar-refractivity contribution in [3.05, 3.63) is 35.9 Å². The monoisotopic (exact) mass is 335 g/mol. The molecule has 0 radical (unpaired) electrons. The van der Waals surface area contributed by atoms with Crippen molar-refractivity contribution in [2.24, 2.45) is 5.92 Å². The van der Waals surface area contributed by atoms with Gasteiger partial charge in [0.25, 0.3) is 0 Å². The predicted octanol–water partition coefficient (Wildman–Crippen LogP) is 4.66. The molecule has 24 heavy (non-hydrogen) atoms. The fourth-order valence-electron chi connectivity index (χ4n) is 2.72. The van der Waals surface area contributed by atoms with E-state index in [4.69, 9.17) is 4.74 Å². The van der Waals surface area contributed by atoms with Crippen LogP contribution in [0.5, 0.6) is 0 Å². The Morgan fingerprint density at radius 2 is 1.88 bits per heavy atom. The van der Waals surface area contributed by atoms with Crippen molar-refractivity contribution >= 4 is 6.09 Å². The molecular weight excluding hydrogens is 302 g/mol. The summed E-state index contributed by atoms with van der Waals surface area (Å²) in [6.45, 7) is 6.59. The van der Waals surface area contributed by atoms with Crippen LogP contribution in [0.2, 0.25) is 0 Å². The summed E-state index contributed by atoms with van der Waals surface area (Å²) in [6.07, 6.45) is 4.96. The smallest absolute Gasteiger partial charge is 0.407 e. The van der Waals surface area contributed by atoms with Gasteiger partial charge in [-0.2, -0.15) is 0 Å². The number of nitrogens with one attached hydrogen (secondary N) is 1. The lowest BCUT2D eigenvalue weighted by Gasteiger charge is -2.25. The van der Waals surface area contributed by atoms with Crippen molar-refractivity contribution in [1.29, 1.82) is 0 Å². The third-order valence-corrected chi connectivity index (χ3v) is 4.06. The Kier molecular flexibility index (Phi) is 10.2. The van der Waals surface area contributed by atoms with Crippen LogP contribution >= 0.6 is 0 Å². The number of carbonyl (C=O) groups is 1. The molecule has 1 aromatic carbocycles. The number of rotatable bonds is 11. The first-order valence-electron chi connectivity index (χ1n) is 9.18. The van der Waals surface area contributed by atoms with Crippen molar-refractivity contribution in [3.8, 4) is 0 Å². The molecule has 0 saturated carbocycles. The maximum absolute atomic E-state index is 12.0. The molecule has 0 fully saturated rings. The number of alkyl carbamates (subject to hydrolysis) is 1. The molecule has 0 bridgehead atoms. The lowest BCUT2D eigenvalue weighted by molar-refractivity contribution is 0.0877. The lowest BCUT2D eigenvalue weighted by atomic mass is 9.95. The zero-order chi connectivity index (χ0) is 17.8. The van der Waals surface area contributed by atoms with Crippen molar-refractivity contribution in [1.82, 2.24) is 5.32 Å². The highest BCUT2D eigenvalue weighted by Gasteiger charge is 2.22. The van der Waals surface area contributed by atoms with Crippen molar-refractivity contribution in [2.75, 3.05) is 0 Å². The van der Waals surface area contributed by atoms with E-state index in [0.29, 0.717) is 5.92 Å². The van der Waals surface area contributed by atoms with Gasteiger partial charge in [-0.15, -0.1) is 0 Å². The van der Waals surface area contributed by atoms with E-state index < -0.39 is 12.2 Å². The maximum Gasteiger partial charge on any atom is 0.407 e. The first-order chi connectivity index (χ1) is 11.5. The predicted molar refractivity (Wildman–Crippen MR) is 97.8 cm³/mol. The minimum atomic E-state index is -0.520. The van der Waals surface area contributed by atoms with E-state index in [1.807, 2.05) is 30.3 Å². The number of unbranched alkanes of at least 4 members (excludes halogenated alkanes) is 3. The molecule has 0 heterocycles. The van der Waals surface area contributed by atoms with Crippen molar-refractivity contribution in [2.45, 2.75) is 78.0 Å². The van der Waals surface area contributed by atoms with Crippen LogP contribution in [0.1, 0.15) is 64.9 Å². The SMILES string of the molecule is CCCCCC[C@H](O)[C@H](CC(C)C)NC(=O)OCc1ccccc1. The van der Waals surface area contributed by atoms with Crippen LogP contribution < -0.4 is 5.32 Å². The largest absolute Gasteiger partial charge is 0.445 e. The van der Waals surface area contributed by atoms with Gasteiger partial charge in [-0.3, -0.25) is 0 Å². The highest BCUT2D eigenvalue weighted by Crippen LogP contribution is 2.15. The molecule has 1 amide bonds. The van der Waals surface area contributed by atoms with E-state index in [9.17, 15) is 9.90 Å². The number of benzene rings is 1. The summed E-state index contributed by atoms with van der Waals surface area (Å²) in [5.41, 5.74) is 0.952. The third kappa shape index (κ3) is 8.92. The van der Waals surface area contributed by atoms with E-state index in [1.165, 1.54) is 12.8 Å². The molecule has 0 unspecified atom stereocenters. The highest BCUT2D eigenvalue weighted by molar-refractivity contribution is 5.67. The molecule has 4 nitrogen and oxygen atoms in total. The van der Waals surface area contributed by atoms with Gasteiger partial charge >= 0.3 is 6.09 Å². The first-order valence-corrected chi connectivity index (χ1v) is 9.18. The van der Waals surface area contributed by atoms with Gasteiger partial charge in [-0.25, -0.2) is 4.79 Å². The molecular formula is C20H33NO3. The van der Waals surface area contributed by atoms with Crippen LogP contribution in [0.3, 0.4) is 0 Å². The Labute approximate surface area is 146 Å². The Hall–Kier alpha value is -1.55. The molecule has 1 rings (SSSR count). The van der Waals surface area contributed by atoms with Crippen LogP contribution in [-0.4, -0.2) is 23.3 Å². The molecule has 0 spiro atoms. The molecule has 2 atom stereocenters. The van der Waals surface area contributed by atoms with Gasteiger partial charge in [0.05, 0.1) is 12.1 Å². The van der Waals surface area contributed by atoms with E-state index in [0.717, 1.165) is 31.2 Å². The van der Waals surface area contributed by atoms with Gasteiger partial charge in [-0.05, 0) is 24.3 Å². The maximum atomic E-state index is 12.0. The van der Waals surface area contributed by atoms with Crippen LogP contribution in [0.4, 0.5) is 4.79 Å². The molecule has 4 heteroatoms. The Bertz CT molecular complexity index is 447. The second kappa shape index (κ2) is 11.9. The van der Waals surface area contributed by atoms with Gasteiger partial charge in [0.2, 0.25) is 0 Å². The van der Waals surface area contributed by atoms with Gasteiger partial charge in [0, 0.05) is 0 Å². The molecule has 1 aromatic rings. The first kappa shape index (κ1) is 20.5. The average molecular weight is 335 g/mol. The van der Waals surface area contributed by atoms with E-state index in [2.05, 4.69) is 26.1 Å². The fourth-order valence-corrected chi connectivity index (χ4v) is 2.72. The summed E-state index contributed by atoms with van der Waals surface area (Å²) in [5.74, 6) is 0.398. The molecule has 0 aromatic heterocycles. The number of carbonyl (C=O) groups excluding carboxylic acids is 1. The minimum absolute atomic E-state index is 0.244. The van der Waals surface area contributed by atoms with Crippen molar-refractivity contribution in [3.63, 3.8) is 0 Å². The van der Waals surface area contributed by atoms with Crippen LogP contribution in [0.25, 0.3) is 0 Å². The average Bonchev–Trinajstić information content (AvgIpc) is 2.56. The fraction of sp³-hybridized carbons (Fsp3) is 0.650. The van der Waals surface area contributed by atoms with E-state index >= 15 is 0 Å². The molecule has 0 aliphatic heterocycles. The zero-order valence-corrected chi connectivity index (χ0v) is 15.3. The standard InChI is InChI=1S/C20H33NO3/c1-4-5-6-10-13-19(22)18(14-16(2)3)21-20(23)24-15-17-11-8-7-9-12-17/h7-9,11-12,16,18-19,22H,4-6,10,13-15H2,1-3H3,(H,21,23)/t18-,19-/m0/s1. The Morgan fingerprint density at radius 3 is 2.50 bits per heavy atom. The van der Waals surface area contributed by atoms with E-state index in [1.54, 1.807) is 0 Å². The van der Waals surface area contributed by atoms with Gasteiger partial charge < -0.3 is 15.2 Å². The van der Waals surface area contributed by atoms with Crippen molar-refractivity contribution < 1.29 is 14.6 Å². The van der Waals surface area contributed by atoms with Crippen LogP contribution in [-0.2, 0) is 11.3 Å². The summed E-state index contributed by atoms with van der Waals surface area (Å²) in [4.78, 5) is 12.0. The molecule has 0 aliphatic rings. The quantitative estimate of drug-likeness (QED) is 0.578. The normalized spacial score (nSPS) is 13.5. The number of aliphatic hydroxyl groups excluding tert-OH is 1. The van der Waals surface area contributed by atoms with E-state index in [-0.39, 0.29) is 12.6 Å². The minimum Gasteiger partial charge on any atom is -0.445 e. The van der Waals surface area contributed by atoms with Crippen LogP contribution in [0.15, 0.2) is 30.3 Å². The Balaban J connectivity index is 2.43. The molecule has 0 aliphatic carbocycles.